The van der Waals surface area contributed by atoms with Gasteiger partial charge in [0.2, 0.25) is 11.9 Å². The number of carbonyl (C=O) groups is 1. The summed E-state index contributed by atoms with van der Waals surface area (Å²) in [4.78, 5) is 21.4. The smallest absolute Gasteiger partial charge is 0.225 e. The van der Waals surface area contributed by atoms with E-state index in [1.807, 2.05) is 11.8 Å². The lowest BCUT2D eigenvalue weighted by Crippen LogP contribution is -2.37. The van der Waals surface area contributed by atoms with Crippen LogP contribution in [0.4, 0.5) is 17.6 Å². The Morgan fingerprint density at radius 1 is 1.56 bits per heavy atom. The Balaban J connectivity index is 2.24. The summed E-state index contributed by atoms with van der Waals surface area (Å²) in [6.07, 6.45) is 0.692. The van der Waals surface area contributed by atoms with Crippen LogP contribution in [0.15, 0.2) is 6.07 Å². The summed E-state index contributed by atoms with van der Waals surface area (Å²) in [6.45, 7) is 3.06. The monoisotopic (exact) mass is 251 g/mol. The maximum atomic E-state index is 11.4. The number of hydrazine groups is 1. The summed E-state index contributed by atoms with van der Waals surface area (Å²) in [5.74, 6) is 6.20. The Hall–Kier alpha value is -2.09. The summed E-state index contributed by atoms with van der Waals surface area (Å²) in [5.41, 5.74) is 12.9. The number of nitrogens with two attached hydrogens (primary N) is 3. The van der Waals surface area contributed by atoms with Crippen LogP contribution in [0.2, 0.25) is 0 Å². The number of aromatic nitrogens is 2. The predicted molar refractivity (Wildman–Crippen MR) is 68.4 cm³/mol. The van der Waals surface area contributed by atoms with Gasteiger partial charge in [0.05, 0.1) is 5.41 Å². The molecule has 1 amide bonds. The molecule has 7 N–H and O–H groups in total. The summed E-state index contributed by atoms with van der Waals surface area (Å²) in [7, 11) is 0. The molecule has 0 radical (unpaired) electrons. The summed E-state index contributed by atoms with van der Waals surface area (Å²) < 4.78 is 0. The fourth-order valence-electron chi connectivity index (χ4n) is 2.05. The van der Waals surface area contributed by atoms with Gasteiger partial charge in [-0.2, -0.15) is 9.97 Å². The van der Waals surface area contributed by atoms with Crippen molar-refractivity contribution in [1.82, 2.24) is 9.97 Å². The standard InChI is InChI=1S/C10H17N7O/c1-10(8(11)18)2-3-17(5-10)7-4-6(16-13)14-9(12)15-7/h4H,2-3,5,13H2,1H3,(H2,11,18)(H3,12,14,15,16). The maximum Gasteiger partial charge on any atom is 0.225 e. The van der Waals surface area contributed by atoms with Crippen molar-refractivity contribution in [2.24, 2.45) is 17.0 Å². The molecule has 2 heterocycles. The quantitative estimate of drug-likeness (QED) is 0.401. The number of anilines is 3. The van der Waals surface area contributed by atoms with Crippen LogP contribution in [0.25, 0.3) is 0 Å². The molecule has 1 aromatic rings. The van der Waals surface area contributed by atoms with Crippen LogP contribution in [0.5, 0.6) is 0 Å². The van der Waals surface area contributed by atoms with Gasteiger partial charge in [0.1, 0.15) is 11.6 Å². The van der Waals surface area contributed by atoms with Gasteiger partial charge in [-0.1, -0.05) is 0 Å². The highest BCUT2D eigenvalue weighted by atomic mass is 16.1. The minimum absolute atomic E-state index is 0.133. The van der Waals surface area contributed by atoms with Gasteiger partial charge in [-0.15, -0.1) is 0 Å². The number of amides is 1. The van der Waals surface area contributed by atoms with E-state index in [0.717, 1.165) is 0 Å². The molecule has 1 atom stereocenters. The lowest BCUT2D eigenvalue weighted by molar-refractivity contribution is -0.125. The Morgan fingerprint density at radius 2 is 2.28 bits per heavy atom. The second-order valence-corrected chi connectivity index (χ2v) is 4.71. The van der Waals surface area contributed by atoms with E-state index >= 15 is 0 Å². The Labute approximate surface area is 105 Å². The van der Waals surface area contributed by atoms with Crippen LogP contribution < -0.4 is 27.6 Å². The van der Waals surface area contributed by atoms with E-state index < -0.39 is 5.41 Å². The van der Waals surface area contributed by atoms with Gasteiger partial charge in [-0.25, -0.2) is 5.84 Å². The molecule has 1 saturated heterocycles. The van der Waals surface area contributed by atoms with Gasteiger partial charge in [0.25, 0.3) is 0 Å². The fraction of sp³-hybridized carbons (Fsp3) is 0.500. The van der Waals surface area contributed by atoms with Crippen LogP contribution in [0.1, 0.15) is 13.3 Å². The van der Waals surface area contributed by atoms with Gasteiger partial charge in [-0.05, 0) is 13.3 Å². The molecular formula is C10H17N7O. The molecule has 98 valence electrons. The molecule has 0 saturated carbocycles. The van der Waals surface area contributed by atoms with Crippen LogP contribution in [-0.4, -0.2) is 29.0 Å². The maximum absolute atomic E-state index is 11.4. The van der Waals surface area contributed by atoms with Crippen LogP contribution in [0.3, 0.4) is 0 Å². The summed E-state index contributed by atoms with van der Waals surface area (Å²) in [6, 6.07) is 1.68. The van der Waals surface area contributed by atoms with Crippen molar-refractivity contribution in [2.75, 3.05) is 29.1 Å². The lowest BCUT2D eigenvalue weighted by Gasteiger charge is -2.22. The Morgan fingerprint density at radius 3 is 2.83 bits per heavy atom. The van der Waals surface area contributed by atoms with Crippen molar-refractivity contribution in [3.05, 3.63) is 6.07 Å². The van der Waals surface area contributed by atoms with Crippen molar-refractivity contribution in [3.8, 4) is 0 Å². The van der Waals surface area contributed by atoms with Gasteiger partial charge in [0, 0.05) is 19.2 Å². The normalized spacial score (nSPS) is 23.1. The SMILES string of the molecule is CC1(C(N)=O)CCN(c2cc(NN)nc(N)n2)C1. The van der Waals surface area contributed by atoms with Crippen LogP contribution in [-0.2, 0) is 4.79 Å². The predicted octanol–water partition coefficient (Wildman–Crippen LogP) is -0.954. The van der Waals surface area contributed by atoms with Crippen molar-refractivity contribution in [3.63, 3.8) is 0 Å². The number of rotatable bonds is 3. The molecule has 8 heteroatoms. The van der Waals surface area contributed by atoms with Crippen molar-refractivity contribution >= 4 is 23.5 Å². The summed E-state index contributed by atoms with van der Waals surface area (Å²) >= 11 is 0. The first kappa shape index (κ1) is 12.4. The number of nitrogens with one attached hydrogen (secondary N) is 1. The highest BCUT2D eigenvalue weighted by Crippen LogP contribution is 2.32. The first-order valence-corrected chi connectivity index (χ1v) is 5.61. The molecular weight excluding hydrogens is 234 g/mol. The van der Waals surface area contributed by atoms with Crippen LogP contribution >= 0.6 is 0 Å². The Kier molecular flexibility index (Phi) is 2.95. The highest BCUT2D eigenvalue weighted by molar-refractivity contribution is 5.82. The second-order valence-electron chi connectivity index (χ2n) is 4.71. The first-order chi connectivity index (χ1) is 8.44. The van der Waals surface area contributed by atoms with Gasteiger partial charge >= 0.3 is 0 Å². The number of carbonyl (C=O) groups excluding carboxylic acids is 1. The molecule has 1 unspecified atom stereocenters. The average Bonchev–Trinajstić information content (AvgIpc) is 2.72. The minimum atomic E-state index is -0.532. The van der Waals surface area contributed by atoms with E-state index in [4.69, 9.17) is 17.3 Å². The molecule has 1 aromatic heterocycles. The third-order valence-electron chi connectivity index (χ3n) is 3.27. The number of primary amides is 1. The molecule has 1 aliphatic rings. The van der Waals surface area contributed by atoms with E-state index in [-0.39, 0.29) is 11.9 Å². The summed E-state index contributed by atoms with van der Waals surface area (Å²) in [5, 5.41) is 0. The number of nitrogen functional groups attached to an aromatic ring is 2. The lowest BCUT2D eigenvalue weighted by atomic mass is 9.89. The van der Waals surface area contributed by atoms with E-state index in [0.29, 0.717) is 31.1 Å². The Bertz CT molecular complexity index is 477. The number of hydrogen-bond donors (Lipinski definition) is 4. The largest absolute Gasteiger partial charge is 0.369 e. The molecule has 0 spiro atoms. The zero-order valence-corrected chi connectivity index (χ0v) is 10.2. The number of hydrogen-bond acceptors (Lipinski definition) is 7. The average molecular weight is 251 g/mol. The fourth-order valence-corrected chi connectivity index (χ4v) is 2.05. The number of nitrogens with zero attached hydrogens (tertiary/aromatic N) is 3. The second kappa shape index (κ2) is 4.30. The van der Waals surface area contributed by atoms with E-state index in [1.54, 1.807) is 6.07 Å². The van der Waals surface area contributed by atoms with E-state index in [2.05, 4.69) is 15.4 Å². The molecule has 18 heavy (non-hydrogen) atoms. The molecule has 0 aromatic carbocycles. The van der Waals surface area contributed by atoms with Crippen molar-refractivity contribution in [1.29, 1.82) is 0 Å². The minimum Gasteiger partial charge on any atom is -0.369 e. The zero-order valence-electron chi connectivity index (χ0n) is 10.2. The van der Waals surface area contributed by atoms with Gasteiger partial charge < -0.3 is 21.8 Å². The first-order valence-electron chi connectivity index (χ1n) is 5.61. The third-order valence-corrected chi connectivity index (χ3v) is 3.27. The molecule has 1 fully saturated rings. The third kappa shape index (κ3) is 2.14. The molecule has 1 aliphatic heterocycles. The van der Waals surface area contributed by atoms with Crippen LogP contribution in [0, 0.1) is 5.41 Å². The van der Waals surface area contributed by atoms with E-state index in [1.165, 1.54) is 0 Å². The molecule has 8 nitrogen and oxygen atoms in total. The highest BCUT2D eigenvalue weighted by Gasteiger charge is 2.39. The zero-order chi connectivity index (χ0) is 13.3. The van der Waals surface area contributed by atoms with Crippen molar-refractivity contribution < 1.29 is 4.79 Å². The van der Waals surface area contributed by atoms with E-state index in [9.17, 15) is 4.79 Å². The topological polar surface area (TPSA) is 136 Å². The van der Waals surface area contributed by atoms with Crippen molar-refractivity contribution in [2.45, 2.75) is 13.3 Å². The molecule has 2 rings (SSSR count). The van der Waals surface area contributed by atoms with Gasteiger partial charge in [0.15, 0.2) is 0 Å². The molecule has 0 bridgehead atoms. The van der Waals surface area contributed by atoms with Gasteiger partial charge in [-0.3, -0.25) is 4.79 Å². The molecule has 0 aliphatic carbocycles.